The van der Waals surface area contributed by atoms with E-state index in [1.165, 1.54) is 30.3 Å². The zero-order valence-electron chi connectivity index (χ0n) is 10.9. The smallest absolute Gasteiger partial charge is 0.340 e. The molecule has 0 aromatic heterocycles. The monoisotopic (exact) mass is 320 g/mol. The van der Waals surface area contributed by atoms with Crippen molar-refractivity contribution < 1.29 is 22.7 Å². The van der Waals surface area contributed by atoms with Crippen LogP contribution in [0.15, 0.2) is 47.4 Å². The molecule has 6 nitrogen and oxygen atoms in total. The Hall–Kier alpha value is -2.92. The van der Waals surface area contributed by atoms with Gasteiger partial charge in [-0.1, -0.05) is 6.07 Å². The second kappa shape index (κ2) is 5.83. The normalized spacial score (nSPS) is 10.7. The van der Waals surface area contributed by atoms with E-state index in [-0.39, 0.29) is 16.1 Å². The molecule has 112 valence electrons. The Morgan fingerprint density at radius 2 is 1.82 bits per heavy atom. The predicted molar refractivity (Wildman–Crippen MR) is 75.3 cm³/mol. The molecule has 0 aliphatic heterocycles. The maximum absolute atomic E-state index is 13.5. The van der Waals surface area contributed by atoms with E-state index in [0.717, 1.165) is 12.1 Å². The summed E-state index contributed by atoms with van der Waals surface area (Å²) in [7, 11) is -4.10. The van der Waals surface area contributed by atoms with Gasteiger partial charge in [-0.3, -0.25) is 4.72 Å². The minimum Gasteiger partial charge on any atom is -0.478 e. The molecule has 0 saturated carbocycles. The second-order valence-corrected chi connectivity index (χ2v) is 5.89. The first kappa shape index (κ1) is 15.5. The molecule has 0 spiro atoms. The van der Waals surface area contributed by atoms with E-state index in [9.17, 15) is 17.6 Å². The highest BCUT2D eigenvalue weighted by atomic mass is 32.2. The zero-order chi connectivity index (χ0) is 16.3. The molecule has 0 aliphatic carbocycles. The number of benzene rings is 2. The molecule has 8 heteroatoms. The van der Waals surface area contributed by atoms with E-state index in [2.05, 4.69) is 0 Å². The van der Waals surface area contributed by atoms with Gasteiger partial charge in [-0.05, 0) is 36.4 Å². The molecule has 0 aliphatic rings. The van der Waals surface area contributed by atoms with Crippen molar-refractivity contribution in [3.63, 3.8) is 0 Å². The summed E-state index contributed by atoms with van der Waals surface area (Å²) < 4.78 is 39.9. The van der Waals surface area contributed by atoms with Crippen LogP contribution in [0.3, 0.4) is 0 Å². The number of anilines is 1. The van der Waals surface area contributed by atoms with Gasteiger partial charge in [0.25, 0.3) is 10.0 Å². The van der Waals surface area contributed by atoms with Crippen molar-refractivity contribution >= 4 is 21.7 Å². The van der Waals surface area contributed by atoms with Gasteiger partial charge < -0.3 is 5.11 Å². The van der Waals surface area contributed by atoms with Crippen molar-refractivity contribution in [1.82, 2.24) is 0 Å². The van der Waals surface area contributed by atoms with Gasteiger partial charge in [0, 0.05) is 0 Å². The Morgan fingerprint density at radius 1 is 1.18 bits per heavy atom. The fraction of sp³-hybridized carbons (Fsp3) is 0. The molecule has 0 saturated heterocycles. The van der Waals surface area contributed by atoms with Crippen LogP contribution in [0.2, 0.25) is 0 Å². The van der Waals surface area contributed by atoms with E-state index in [1.807, 2.05) is 10.8 Å². The number of nitrogens with one attached hydrogen (secondary N) is 1. The number of halogens is 1. The summed E-state index contributed by atoms with van der Waals surface area (Å²) in [5, 5.41) is 17.6. The van der Waals surface area contributed by atoms with Gasteiger partial charge in [-0.2, -0.15) is 5.26 Å². The number of nitrogens with zero attached hydrogens (tertiary/aromatic N) is 1. The lowest BCUT2D eigenvalue weighted by Gasteiger charge is -2.11. The lowest BCUT2D eigenvalue weighted by molar-refractivity contribution is 0.0693. The van der Waals surface area contributed by atoms with E-state index >= 15 is 0 Å². The number of carbonyl (C=O) groups is 1. The van der Waals surface area contributed by atoms with Gasteiger partial charge in [-0.25, -0.2) is 17.6 Å². The lowest BCUT2D eigenvalue weighted by atomic mass is 10.2. The Balaban J connectivity index is 2.43. The molecule has 0 heterocycles. The van der Waals surface area contributed by atoms with E-state index in [4.69, 9.17) is 10.4 Å². The minimum atomic E-state index is -4.10. The fourth-order valence-electron chi connectivity index (χ4n) is 1.74. The summed E-state index contributed by atoms with van der Waals surface area (Å²) in [6, 6.07) is 10.1. The van der Waals surface area contributed by atoms with Crippen LogP contribution in [0.5, 0.6) is 0 Å². The molecule has 0 amide bonds. The number of sulfonamides is 1. The number of aromatic carboxylic acids is 1. The SMILES string of the molecule is N#Cc1ccc(S(=O)(=O)Nc2cccc(F)c2C(=O)O)cc1. The van der Waals surface area contributed by atoms with Crippen LogP contribution in [0.1, 0.15) is 15.9 Å². The first-order valence-corrected chi connectivity index (χ1v) is 7.38. The van der Waals surface area contributed by atoms with Gasteiger partial charge in [-0.15, -0.1) is 0 Å². The molecule has 0 fully saturated rings. The number of rotatable bonds is 4. The van der Waals surface area contributed by atoms with Crippen LogP contribution in [0.25, 0.3) is 0 Å². The molecule has 22 heavy (non-hydrogen) atoms. The number of carboxylic acid groups (broad SMARTS) is 1. The van der Waals surface area contributed by atoms with Crippen LogP contribution in [0.4, 0.5) is 10.1 Å². The topological polar surface area (TPSA) is 107 Å². The molecule has 2 aromatic carbocycles. The third-order valence-electron chi connectivity index (χ3n) is 2.77. The van der Waals surface area contributed by atoms with Crippen LogP contribution >= 0.6 is 0 Å². The van der Waals surface area contributed by atoms with E-state index < -0.39 is 27.4 Å². The molecular weight excluding hydrogens is 311 g/mol. The second-order valence-electron chi connectivity index (χ2n) is 4.21. The largest absolute Gasteiger partial charge is 0.478 e. The molecule has 2 rings (SSSR count). The summed E-state index contributed by atoms with van der Waals surface area (Å²) in [4.78, 5) is 10.9. The lowest BCUT2D eigenvalue weighted by Crippen LogP contribution is -2.16. The van der Waals surface area contributed by atoms with Crippen molar-refractivity contribution in [3.8, 4) is 6.07 Å². The molecule has 0 unspecified atom stereocenters. The van der Waals surface area contributed by atoms with Gasteiger partial charge in [0.05, 0.1) is 22.2 Å². The first-order valence-electron chi connectivity index (χ1n) is 5.90. The van der Waals surface area contributed by atoms with Crippen molar-refractivity contribution in [2.75, 3.05) is 4.72 Å². The van der Waals surface area contributed by atoms with E-state index in [1.54, 1.807) is 0 Å². The maximum Gasteiger partial charge on any atom is 0.340 e. The summed E-state index contributed by atoms with van der Waals surface area (Å²) in [5.74, 6) is -2.64. The summed E-state index contributed by atoms with van der Waals surface area (Å²) in [6.45, 7) is 0. The molecule has 2 N–H and O–H groups in total. The van der Waals surface area contributed by atoms with Crippen LogP contribution in [-0.4, -0.2) is 19.5 Å². The highest BCUT2D eigenvalue weighted by molar-refractivity contribution is 7.92. The van der Waals surface area contributed by atoms with Crippen molar-refractivity contribution in [1.29, 1.82) is 5.26 Å². The van der Waals surface area contributed by atoms with Gasteiger partial charge in [0.1, 0.15) is 11.4 Å². The van der Waals surface area contributed by atoms with Gasteiger partial charge in [0.15, 0.2) is 0 Å². The summed E-state index contributed by atoms with van der Waals surface area (Å²) in [6.07, 6.45) is 0. The van der Waals surface area contributed by atoms with Gasteiger partial charge in [0.2, 0.25) is 0 Å². The zero-order valence-corrected chi connectivity index (χ0v) is 11.8. The average Bonchev–Trinajstić information content (AvgIpc) is 2.46. The Labute approximate surface area is 125 Å². The fourth-order valence-corrected chi connectivity index (χ4v) is 2.81. The van der Waals surface area contributed by atoms with Crippen LogP contribution < -0.4 is 4.72 Å². The third kappa shape index (κ3) is 3.05. The van der Waals surface area contributed by atoms with Gasteiger partial charge >= 0.3 is 5.97 Å². The summed E-state index contributed by atoms with van der Waals surface area (Å²) >= 11 is 0. The highest BCUT2D eigenvalue weighted by Crippen LogP contribution is 2.22. The number of hydrogen-bond acceptors (Lipinski definition) is 4. The summed E-state index contributed by atoms with van der Waals surface area (Å²) in [5.41, 5.74) is -0.868. The average molecular weight is 320 g/mol. The highest BCUT2D eigenvalue weighted by Gasteiger charge is 2.21. The molecule has 2 aromatic rings. The standard InChI is InChI=1S/C14H9FN2O4S/c15-11-2-1-3-12(13(11)14(18)19)17-22(20,21)10-6-4-9(8-16)5-7-10/h1-7,17H,(H,18,19). The Bertz CT molecular complexity index is 871. The Morgan fingerprint density at radius 3 is 2.36 bits per heavy atom. The Kier molecular flexibility index (Phi) is 4.10. The van der Waals surface area contributed by atoms with E-state index in [0.29, 0.717) is 0 Å². The van der Waals surface area contributed by atoms with Crippen molar-refractivity contribution in [3.05, 3.63) is 59.4 Å². The van der Waals surface area contributed by atoms with Crippen molar-refractivity contribution in [2.45, 2.75) is 4.90 Å². The number of hydrogen-bond donors (Lipinski definition) is 2. The molecule has 0 bridgehead atoms. The molecule has 0 radical (unpaired) electrons. The van der Waals surface area contributed by atoms with Crippen LogP contribution in [0, 0.1) is 17.1 Å². The predicted octanol–water partition coefficient (Wildman–Crippen LogP) is 2.20. The quantitative estimate of drug-likeness (QED) is 0.898. The molecular formula is C14H9FN2O4S. The number of carboxylic acids is 1. The third-order valence-corrected chi connectivity index (χ3v) is 4.15. The maximum atomic E-state index is 13.5. The molecule has 0 atom stereocenters. The minimum absolute atomic E-state index is 0.174. The first-order chi connectivity index (χ1) is 10.3. The van der Waals surface area contributed by atoms with Crippen LogP contribution in [-0.2, 0) is 10.0 Å². The van der Waals surface area contributed by atoms with Crippen molar-refractivity contribution in [2.24, 2.45) is 0 Å². The number of nitriles is 1.